The van der Waals surface area contributed by atoms with Crippen molar-refractivity contribution in [3.63, 3.8) is 0 Å². The molecule has 4 bridgehead atoms. The van der Waals surface area contributed by atoms with Crippen LogP contribution < -0.4 is 9.47 Å². The van der Waals surface area contributed by atoms with E-state index in [4.69, 9.17) is 37.9 Å². The van der Waals surface area contributed by atoms with E-state index in [2.05, 4.69) is 31.7 Å². The molecule has 11 nitrogen and oxygen atoms in total. The zero-order chi connectivity index (χ0) is 36.1. The van der Waals surface area contributed by atoms with E-state index < -0.39 is 17.4 Å². The van der Waals surface area contributed by atoms with Gasteiger partial charge in [-0.3, -0.25) is 4.90 Å². The van der Waals surface area contributed by atoms with Crippen LogP contribution in [0.1, 0.15) is 84.3 Å². The summed E-state index contributed by atoms with van der Waals surface area (Å²) in [5.41, 5.74) is 0.0696. The highest BCUT2D eigenvalue weighted by Crippen LogP contribution is 2.78. The van der Waals surface area contributed by atoms with Crippen molar-refractivity contribution < 1.29 is 47.8 Å². The van der Waals surface area contributed by atoms with Crippen molar-refractivity contribution in [3.8, 4) is 11.5 Å². The number of methoxy groups -OCH3 is 1. The van der Waals surface area contributed by atoms with Gasteiger partial charge in [-0.05, 0) is 88.3 Å². The molecule has 286 valence electrons. The zero-order valence-corrected chi connectivity index (χ0v) is 31.8. The molecule has 2 aliphatic heterocycles. The number of benzene rings is 1. The average molecular weight is 716 g/mol. The molecule has 5 fully saturated rings. The first-order valence-electron chi connectivity index (χ1n) is 19.5. The molecule has 1 N–H and O–H groups in total. The lowest BCUT2D eigenvalue weighted by molar-refractivity contribution is -0.312. The molecule has 0 aromatic heterocycles. The lowest BCUT2D eigenvalue weighted by atomic mass is 9.33. The minimum Gasteiger partial charge on any atom is -0.482 e. The molecule has 4 saturated carbocycles. The standard InChI is InChI=1S/C40H61NO10/c1-7-45-16-17-46-18-19-47-20-21-48-22-23-49-35(42)50-29-11-10-28-24-31-38-12-13-40(44-6,30(25-38)37(5,43)36(2,3)4)34-39(38,32(28)33(29)51-34)14-15-41(31)26-27-8-9-27/h10-11,27,30-31,34,43H,7-9,12-26H2,1-6H3/t30-,31-,34-,37+,38-,39+,40+/m1/s1. The van der Waals surface area contributed by atoms with Crippen molar-refractivity contribution in [1.82, 2.24) is 4.90 Å². The van der Waals surface area contributed by atoms with Crippen molar-refractivity contribution in [3.05, 3.63) is 23.3 Å². The van der Waals surface area contributed by atoms with Gasteiger partial charge in [-0.1, -0.05) is 26.8 Å². The third-order valence-corrected chi connectivity index (χ3v) is 13.8. The summed E-state index contributed by atoms with van der Waals surface area (Å²) >= 11 is 0. The summed E-state index contributed by atoms with van der Waals surface area (Å²) in [6.45, 7) is 16.4. The zero-order valence-electron chi connectivity index (χ0n) is 31.8. The first-order chi connectivity index (χ1) is 24.4. The predicted octanol–water partition coefficient (Wildman–Crippen LogP) is 5.31. The number of nitrogens with zero attached hydrogens (tertiary/aromatic N) is 1. The molecule has 7 atom stereocenters. The molecule has 1 saturated heterocycles. The van der Waals surface area contributed by atoms with E-state index >= 15 is 0 Å². The van der Waals surface area contributed by atoms with E-state index in [1.54, 1.807) is 7.11 Å². The second kappa shape index (κ2) is 14.3. The Morgan fingerprint density at radius 2 is 1.61 bits per heavy atom. The van der Waals surface area contributed by atoms with Crippen molar-refractivity contribution in [2.75, 3.05) is 79.7 Å². The van der Waals surface area contributed by atoms with E-state index in [1.807, 2.05) is 19.9 Å². The molecule has 0 amide bonds. The van der Waals surface area contributed by atoms with Crippen molar-refractivity contribution in [2.24, 2.45) is 22.7 Å². The van der Waals surface area contributed by atoms with Crippen LogP contribution in [-0.4, -0.2) is 119 Å². The Kier molecular flexibility index (Phi) is 10.5. The van der Waals surface area contributed by atoms with Gasteiger partial charge >= 0.3 is 6.16 Å². The van der Waals surface area contributed by atoms with Crippen LogP contribution in [0, 0.1) is 22.7 Å². The van der Waals surface area contributed by atoms with Crippen LogP contribution in [0.5, 0.6) is 11.5 Å². The molecule has 2 spiro atoms. The Morgan fingerprint density at radius 3 is 2.24 bits per heavy atom. The summed E-state index contributed by atoms with van der Waals surface area (Å²) in [4.78, 5) is 15.8. The third kappa shape index (κ3) is 6.20. The van der Waals surface area contributed by atoms with Crippen LogP contribution in [-0.2, 0) is 40.3 Å². The fourth-order valence-electron chi connectivity index (χ4n) is 10.8. The number of hydrogen-bond donors (Lipinski definition) is 1. The number of piperidine rings is 1. The maximum atomic E-state index is 13.0. The van der Waals surface area contributed by atoms with Gasteiger partial charge in [0, 0.05) is 48.6 Å². The van der Waals surface area contributed by atoms with Crippen LogP contribution in [0.15, 0.2) is 12.1 Å². The quantitative estimate of drug-likeness (QED) is 0.121. The van der Waals surface area contributed by atoms with Gasteiger partial charge in [-0.15, -0.1) is 0 Å². The van der Waals surface area contributed by atoms with E-state index in [1.165, 1.54) is 24.0 Å². The third-order valence-electron chi connectivity index (χ3n) is 13.8. The summed E-state index contributed by atoms with van der Waals surface area (Å²) in [5.74, 6) is 1.71. The molecule has 1 aromatic carbocycles. The number of hydrogen-bond acceptors (Lipinski definition) is 11. The predicted molar refractivity (Wildman–Crippen MR) is 189 cm³/mol. The molecule has 5 aliphatic carbocycles. The number of carbonyl (C=O) groups excluding carboxylic acids is 1. The molecule has 11 heteroatoms. The smallest absolute Gasteiger partial charge is 0.482 e. The summed E-state index contributed by atoms with van der Waals surface area (Å²) in [7, 11) is 1.80. The fraction of sp³-hybridized carbons (Fsp3) is 0.825. The van der Waals surface area contributed by atoms with Crippen LogP contribution >= 0.6 is 0 Å². The highest BCUT2D eigenvalue weighted by atomic mass is 16.7. The molecule has 0 radical (unpaired) electrons. The first kappa shape index (κ1) is 37.3. The Morgan fingerprint density at radius 1 is 0.941 bits per heavy atom. The topological polar surface area (TPSA) is 114 Å². The fourth-order valence-corrected chi connectivity index (χ4v) is 10.8. The second-order valence-corrected chi connectivity index (χ2v) is 17.0. The van der Waals surface area contributed by atoms with Gasteiger partial charge in [-0.2, -0.15) is 0 Å². The van der Waals surface area contributed by atoms with Crippen molar-refractivity contribution in [1.29, 1.82) is 0 Å². The number of aliphatic hydroxyl groups is 1. The second-order valence-electron chi connectivity index (χ2n) is 17.0. The lowest BCUT2D eigenvalue weighted by Crippen LogP contribution is -2.83. The maximum absolute atomic E-state index is 13.0. The van der Waals surface area contributed by atoms with E-state index in [0.717, 1.165) is 51.1 Å². The molecule has 51 heavy (non-hydrogen) atoms. The van der Waals surface area contributed by atoms with Gasteiger partial charge < -0.3 is 43.0 Å². The Balaban J connectivity index is 1.05. The number of likely N-dealkylation sites (tertiary alicyclic amines) is 1. The number of fused-ring (bicyclic) bond motifs is 2. The Hall–Kier alpha value is -1.99. The summed E-state index contributed by atoms with van der Waals surface area (Å²) in [5, 5.41) is 12.5. The van der Waals surface area contributed by atoms with Crippen molar-refractivity contribution >= 4 is 6.16 Å². The van der Waals surface area contributed by atoms with Gasteiger partial charge in [0.05, 0.1) is 51.8 Å². The van der Waals surface area contributed by atoms with Gasteiger partial charge in [0.1, 0.15) is 18.3 Å². The highest BCUT2D eigenvalue weighted by Gasteiger charge is 2.82. The number of ether oxygens (including phenoxy) is 8. The van der Waals surface area contributed by atoms with E-state index in [0.29, 0.717) is 63.8 Å². The molecule has 8 rings (SSSR count). The summed E-state index contributed by atoms with van der Waals surface area (Å²) < 4.78 is 47.0. The first-order valence-corrected chi connectivity index (χ1v) is 19.5. The van der Waals surface area contributed by atoms with Crippen LogP contribution in [0.2, 0.25) is 0 Å². The molecular formula is C40H61NO10. The Bertz CT molecular complexity index is 1410. The molecular weight excluding hydrogens is 654 g/mol. The van der Waals surface area contributed by atoms with Gasteiger partial charge in [0.25, 0.3) is 0 Å². The monoisotopic (exact) mass is 715 g/mol. The summed E-state index contributed by atoms with van der Waals surface area (Å²) in [6.07, 6.45) is 6.21. The van der Waals surface area contributed by atoms with Crippen LogP contribution in [0.3, 0.4) is 0 Å². The van der Waals surface area contributed by atoms with Crippen LogP contribution in [0.25, 0.3) is 0 Å². The highest BCUT2D eigenvalue weighted by molar-refractivity contribution is 5.70. The lowest BCUT2D eigenvalue weighted by Gasteiger charge is -2.75. The molecule has 2 heterocycles. The van der Waals surface area contributed by atoms with E-state index in [-0.39, 0.29) is 41.5 Å². The van der Waals surface area contributed by atoms with Gasteiger partial charge in [0.15, 0.2) is 11.5 Å². The molecule has 7 aliphatic rings. The SMILES string of the molecule is CCOCCOCCOCCOCCOC(=O)Oc1ccc2c3c1O[C@H]1[C@]4(OC)CC[C@@]5(C[C@@H]4[C@](C)(O)C(C)(C)C)[C@@H](C2)N(CC2CC2)CC[C@]315. The normalized spacial score (nSPS) is 33.0. The van der Waals surface area contributed by atoms with Crippen LogP contribution in [0.4, 0.5) is 4.79 Å². The van der Waals surface area contributed by atoms with Gasteiger partial charge in [-0.25, -0.2) is 4.79 Å². The van der Waals surface area contributed by atoms with Crippen molar-refractivity contribution in [2.45, 2.75) is 108 Å². The summed E-state index contributed by atoms with van der Waals surface area (Å²) in [6, 6.07) is 4.39. The molecule has 0 unspecified atom stereocenters. The van der Waals surface area contributed by atoms with E-state index in [9.17, 15) is 9.90 Å². The minimum absolute atomic E-state index is 0.0606. The number of rotatable bonds is 18. The maximum Gasteiger partial charge on any atom is 0.514 e. The minimum atomic E-state index is -0.998. The molecule has 1 aromatic rings. The van der Waals surface area contributed by atoms with Gasteiger partial charge in [0.2, 0.25) is 0 Å². The Labute approximate surface area is 303 Å². The largest absolute Gasteiger partial charge is 0.514 e. The number of carbonyl (C=O) groups is 1. The average Bonchev–Trinajstić information content (AvgIpc) is 3.84.